The second-order valence-corrected chi connectivity index (χ2v) is 7.21. The van der Waals surface area contributed by atoms with Gasteiger partial charge in [-0.15, -0.1) is 0 Å². The van der Waals surface area contributed by atoms with Gasteiger partial charge in [0.2, 0.25) is 0 Å². The van der Waals surface area contributed by atoms with Gasteiger partial charge in [0.1, 0.15) is 0 Å². The van der Waals surface area contributed by atoms with E-state index in [-0.39, 0.29) is 5.91 Å². The number of nitrogens with zero attached hydrogens (tertiary/aromatic N) is 2. The molecule has 0 radical (unpaired) electrons. The fourth-order valence-corrected chi connectivity index (χ4v) is 4.52. The van der Waals surface area contributed by atoms with Crippen LogP contribution in [0, 0.1) is 11.8 Å². The molecule has 4 heteroatoms. The first kappa shape index (κ1) is 14.0. The molecule has 0 unspecified atom stereocenters. The van der Waals surface area contributed by atoms with Gasteiger partial charge in [-0.3, -0.25) is 9.89 Å². The summed E-state index contributed by atoms with van der Waals surface area (Å²) in [7, 11) is 0. The molecule has 1 N–H and O–H groups in total. The topological polar surface area (TPSA) is 49.0 Å². The summed E-state index contributed by atoms with van der Waals surface area (Å²) >= 11 is 0. The van der Waals surface area contributed by atoms with Gasteiger partial charge in [0.15, 0.2) is 0 Å². The molecule has 4 rings (SSSR count). The van der Waals surface area contributed by atoms with Crippen LogP contribution in [-0.2, 0) is 0 Å². The van der Waals surface area contributed by atoms with Gasteiger partial charge in [-0.25, -0.2) is 0 Å². The largest absolute Gasteiger partial charge is 0.338 e. The highest BCUT2D eigenvalue weighted by molar-refractivity contribution is 5.95. The van der Waals surface area contributed by atoms with Crippen molar-refractivity contribution >= 4 is 5.91 Å². The maximum Gasteiger partial charge on any atom is 0.257 e. The van der Waals surface area contributed by atoms with Crippen LogP contribution >= 0.6 is 0 Å². The highest BCUT2D eigenvalue weighted by Gasteiger charge is 2.36. The minimum atomic E-state index is 0.198. The summed E-state index contributed by atoms with van der Waals surface area (Å²) in [6.07, 6.45) is 14.8. The zero-order chi connectivity index (χ0) is 14.9. The lowest BCUT2D eigenvalue weighted by Crippen LogP contribution is -2.30. The van der Waals surface area contributed by atoms with E-state index in [1.807, 2.05) is 0 Å². The first-order valence-electron chi connectivity index (χ1n) is 8.80. The number of H-pyrrole nitrogens is 1. The zero-order valence-corrected chi connectivity index (χ0v) is 13.1. The van der Waals surface area contributed by atoms with Gasteiger partial charge in [0.25, 0.3) is 5.91 Å². The molecule has 2 aliphatic carbocycles. The first-order valence-corrected chi connectivity index (χ1v) is 8.80. The standard InChI is InChI=1S/C18H25N3O/c22-18(21-11-14-8-4-5-9-15(14)12-21)16-10-19-20-17(16)13-6-2-1-3-7-13/h4-5,10,13-15H,1-3,6-9,11-12H2,(H,19,20)/t14-,15+. The smallest absolute Gasteiger partial charge is 0.257 e. The quantitative estimate of drug-likeness (QED) is 0.850. The Kier molecular flexibility index (Phi) is 3.77. The molecule has 4 nitrogen and oxygen atoms in total. The number of aromatic amines is 1. The molecule has 1 aromatic heterocycles. The van der Waals surface area contributed by atoms with Crippen LogP contribution in [0.25, 0.3) is 0 Å². The van der Waals surface area contributed by atoms with E-state index in [4.69, 9.17) is 0 Å². The highest BCUT2D eigenvalue weighted by Crippen LogP contribution is 2.36. The predicted molar refractivity (Wildman–Crippen MR) is 85.7 cm³/mol. The van der Waals surface area contributed by atoms with Gasteiger partial charge < -0.3 is 4.90 Å². The van der Waals surface area contributed by atoms with Crippen molar-refractivity contribution in [3.63, 3.8) is 0 Å². The summed E-state index contributed by atoms with van der Waals surface area (Å²) in [6, 6.07) is 0. The summed E-state index contributed by atoms with van der Waals surface area (Å²) in [5.74, 6) is 2.03. The van der Waals surface area contributed by atoms with E-state index in [1.165, 1.54) is 32.1 Å². The summed E-state index contributed by atoms with van der Waals surface area (Å²) in [5, 5.41) is 7.33. The van der Waals surface area contributed by atoms with Crippen molar-refractivity contribution in [2.24, 2.45) is 11.8 Å². The average Bonchev–Trinajstić information content (AvgIpc) is 3.21. The number of hydrogen-bond donors (Lipinski definition) is 1. The number of carbonyl (C=O) groups is 1. The lowest BCUT2D eigenvalue weighted by molar-refractivity contribution is 0.0782. The van der Waals surface area contributed by atoms with E-state index >= 15 is 0 Å². The fraction of sp³-hybridized carbons (Fsp3) is 0.667. The Labute approximate surface area is 132 Å². The van der Waals surface area contributed by atoms with Crippen molar-refractivity contribution in [1.82, 2.24) is 15.1 Å². The molecule has 0 aromatic carbocycles. The van der Waals surface area contributed by atoms with Crippen LogP contribution < -0.4 is 0 Å². The normalized spacial score (nSPS) is 28.8. The minimum absolute atomic E-state index is 0.198. The average molecular weight is 299 g/mol. The van der Waals surface area contributed by atoms with Gasteiger partial charge in [0, 0.05) is 19.0 Å². The number of allylic oxidation sites excluding steroid dienone is 2. The molecule has 1 saturated carbocycles. The Balaban J connectivity index is 1.50. The van der Waals surface area contributed by atoms with Crippen LogP contribution in [0.15, 0.2) is 18.3 Å². The number of amides is 1. The zero-order valence-electron chi connectivity index (χ0n) is 13.1. The molecule has 2 fully saturated rings. The van der Waals surface area contributed by atoms with Crippen molar-refractivity contribution < 1.29 is 4.79 Å². The summed E-state index contributed by atoms with van der Waals surface area (Å²) < 4.78 is 0. The Bertz CT molecular complexity index is 555. The van der Waals surface area contributed by atoms with Crippen LogP contribution in [0.1, 0.15) is 66.9 Å². The van der Waals surface area contributed by atoms with E-state index in [0.717, 1.165) is 37.2 Å². The minimum Gasteiger partial charge on any atom is -0.338 e. The van der Waals surface area contributed by atoms with Crippen molar-refractivity contribution in [3.8, 4) is 0 Å². The molecule has 2 heterocycles. The number of carbonyl (C=O) groups excluding carboxylic acids is 1. The van der Waals surface area contributed by atoms with Gasteiger partial charge in [-0.1, -0.05) is 31.4 Å². The van der Waals surface area contributed by atoms with Crippen LogP contribution in [0.5, 0.6) is 0 Å². The van der Waals surface area contributed by atoms with Gasteiger partial charge >= 0.3 is 0 Å². The number of aromatic nitrogens is 2. The fourth-order valence-electron chi connectivity index (χ4n) is 4.52. The molecule has 1 aromatic rings. The molecular weight excluding hydrogens is 274 g/mol. The predicted octanol–water partition coefficient (Wildman–Crippen LogP) is 3.50. The lowest BCUT2D eigenvalue weighted by Gasteiger charge is -2.23. The van der Waals surface area contributed by atoms with Crippen molar-refractivity contribution in [3.05, 3.63) is 29.6 Å². The molecule has 22 heavy (non-hydrogen) atoms. The number of fused-ring (bicyclic) bond motifs is 1. The third kappa shape index (κ3) is 2.49. The molecular formula is C18H25N3O. The molecule has 2 atom stereocenters. The van der Waals surface area contributed by atoms with Gasteiger partial charge in [-0.05, 0) is 37.5 Å². The maximum atomic E-state index is 13.0. The second kappa shape index (κ2) is 5.90. The first-order chi connectivity index (χ1) is 10.8. The summed E-state index contributed by atoms with van der Waals surface area (Å²) in [6.45, 7) is 1.84. The van der Waals surface area contributed by atoms with E-state index in [9.17, 15) is 4.79 Å². The van der Waals surface area contributed by atoms with Crippen molar-refractivity contribution in [2.45, 2.75) is 50.9 Å². The van der Waals surface area contributed by atoms with Gasteiger partial charge in [-0.2, -0.15) is 5.10 Å². The number of hydrogen-bond acceptors (Lipinski definition) is 2. The SMILES string of the molecule is O=C(c1cn[nH]c1C1CCCCC1)N1C[C@H]2CC=CC[C@H]2C1. The molecule has 118 valence electrons. The number of likely N-dealkylation sites (tertiary alicyclic amines) is 1. The van der Waals surface area contributed by atoms with E-state index in [2.05, 4.69) is 27.2 Å². The summed E-state index contributed by atoms with van der Waals surface area (Å²) in [4.78, 5) is 15.0. The molecule has 1 aliphatic heterocycles. The Morgan fingerprint density at radius 3 is 2.45 bits per heavy atom. The monoisotopic (exact) mass is 299 g/mol. The van der Waals surface area contributed by atoms with Crippen LogP contribution in [0.3, 0.4) is 0 Å². The number of rotatable bonds is 2. The van der Waals surface area contributed by atoms with Crippen molar-refractivity contribution in [2.75, 3.05) is 13.1 Å². The maximum absolute atomic E-state index is 13.0. The second-order valence-electron chi connectivity index (χ2n) is 7.21. The lowest BCUT2D eigenvalue weighted by atomic mass is 9.85. The molecule has 0 spiro atoms. The highest BCUT2D eigenvalue weighted by atomic mass is 16.2. The van der Waals surface area contributed by atoms with Gasteiger partial charge in [0.05, 0.1) is 17.5 Å². The Morgan fingerprint density at radius 2 is 1.77 bits per heavy atom. The number of nitrogens with one attached hydrogen (secondary N) is 1. The molecule has 0 bridgehead atoms. The van der Waals surface area contributed by atoms with Crippen LogP contribution in [0.4, 0.5) is 0 Å². The van der Waals surface area contributed by atoms with Crippen LogP contribution in [-0.4, -0.2) is 34.1 Å². The Hall–Kier alpha value is -1.58. The molecule has 3 aliphatic rings. The summed E-state index contributed by atoms with van der Waals surface area (Å²) in [5.41, 5.74) is 1.93. The van der Waals surface area contributed by atoms with Crippen molar-refractivity contribution in [1.29, 1.82) is 0 Å². The van der Waals surface area contributed by atoms with E-state index in [0.29, 0.717) is 17.8 Å². The van der Waals surface area contributed by atoms with Crippen LogP contribution in [0.2, 0.25) is 0 Å². The van der Waals surface area contributed by atoms with E-state index in [1.54, 1.807) is 6.20 Å². The van der Waals surface area contributed by atoms with E-state index < -0.39 is 0 Å². The molecule has 1 amide bonds. The molecule has 1 saturated heterocycles. The third-order valence-electron chi connectivity index (χ3n) is 5.82. The third-order valence-corrected chi connectivity index (χ3v) is 5.82. The Morgan fingerprint density at radius 1 is 1.09 bits per heavy atom.